The fourth-order valence-corrected chi connectivity index (χ4v) is 0.584. The van der Waals surface area contributed by atoms with E-state index >= 15 is 0 Å². The van der Waals surface area contributed by atoms with Gasteiger partial charge in [0.1, 0.15) is 0 Å². The van der Waals surface area contributed by atoms with Crippen LogP contribution in [0.2, 0.25) is 0 Å². The summed E-state index contributed by atoms with van der Waals surface area (Å²) >= 11 is 3.38. The monoisotopic (exact) mass is 239 g/mol. The zero-order valence-corrected chi connectivity index (χ0v) is 8.54. The van der Waals surface area contributed by atoms with E-state index in [0.717, 1.165) is 4.83 Å². The maximum atomic E-state index is 9.75. The van der Waals surface area contributed by atoms with Crippen LogP contribution in [0.25, 0.3) is 0 Å². The smallest absolute Gasteiger partial charge is 0.404 e. The average Bonchev–Trinajstić information content (AvgIpc) is 2.71. The van der Waals surface area contributed by atoms with Crippen molar-refractivity contribution in [2.45, 2.75) is 30.6 Å². The Hall–Kier alpha value is -0.290. The number of rotatable bonds is 2. The van der Waals surface area contributed by atoms with Gasteiger partial charge in [-0.05, 0) is 19.8 Å². The minimum atomic E-state index is -1.11. The third kappa shape index (κ3) is 9.71. The van der Waals surface area contributed by atoms with Crippen LogP contribution >= 0.6 is 15.9 Å². The van der Waals surface area contributed by atoms with Crippen molar-refractivity contribution in [1.29, 1.82) is 0 Å². The lowest BCUT2D eigenvalue weighted by molar-refractivity contribution is 0.180. The maximum Gasteiger partial charge on any atom is 0.404 e. The maximum absolute atomic E-state index is 9.75. The Bertz CT molecular complexity index is 139. The van der Waals surface area contributed by atoms with Crippen LogP contribution in [-0.2, 0) is 0 Å². The van der Waals surface area contributed by atoms with Crippen LogP contribution in [0.1, 0.15) is 19.8 Å². The van der Waals surface area contributed by atoms with Crippen LogP contribution in [0.4, 0.5) is 4.79 Å². The van der Waals surface area contributed by atoms with Crippen molar-refractivity contribution in [3.8, 4) is 0 Å². The molecule has 5 heteroatoms. The topological polar surface area (TPSA) is 69.6 Å². The summed E-state index contributed by atoms with van der Waals surface area (Å²) < 4.78 is 0. The summed E-state index contributed by atoms with van der Waals surface area (Å²) in [6, 6.07) is -0.368. The molecule has 1 unspecified atom stereocenters. The summed E-state index contributed by atoms with van der Waals surface area (Å²) in [6.45, 7) is 1.42. The molecule has 0 spiro atoms. The highest BCUT2D eigenvalue weighted by Gasteiger charge is 2.15. The van der Waals surface area contributed by atoms with Gasteiger partial charge in [0, 0.05) is 4.83 Å². The highest BCUT2D eigenvalue weighted by molar-refractivity contribution is 9.09. The number of halogens is 1. The van der Waals surface area contributed by atoms with Crippen molar-refractivity contribution in [2.24, 2.45) is 0 Å². The first-order chi connectivity index (χ1) is 5.56. The minimum absolute atomic E-state index is 0.160. The number of aliphatic hydroxyl groups is 1. The van der Waals surface area contributed by atoms with E-state index in [1.807, 2.05) is 0 Å². The van der Waals surface area contributed by atoms with E-state index in [-0.39, 0.29) is 12.6 Å². The third-order valence-corrected chi connectivity index (χ3v) is 2.07. The molecule has 1 amide bonds. The molecule has 0 radical (unpaired) electrons. The lowest BCUT2D eigenvalue weighted by atomic mass is 10.4. The zero-order valence-electron chi connectivity index (χ0n) is 6.96. The molecular weight excluding hydrogens is 226 g/mol. The molecule has 0 aromatic carbocycles. The van der Waals surface area contributed by atoms with Crippen molar-refractivity contribution in [3.05, 3.63) is 0 Å². The number of carbonyl (C=O) groups is 1. The molecule has 4 nitrogen and oxygen atoms in total. The van der Waals surface area contributed by atoms with Gasteiger partial charge in [0.25, 0.3) is 0 Å². The molecule has 1 saturated carbocycles. The highest BCUT2D eigenvalue weighted by atomic mass is 79.9. The summed E-state index contributed by atoms with van der Waals surface area (Å²) in [5.74, 6) is 0. The standard InChI is InChI=1S/C4H9NO3.C3H5Br/c1-3(2-6)5-4(7)8;4-3-1-2-3/h3,5-6H,2H2,1H3,(H,7,8);3H,1-2H2. The second-order valence-corrected chi connectivity index (χ2v) is 4.00. The molecule has 1 atom stereocenters. The Balaban J connectivity index is 0.000000247. The first kappa shape index (κ1) is 11.7. The summed E-state index contributed by atoms with van der Waals surface area (Å²) in [4.78, 5) is 10.6. The first-order valence-corrected chi connectivity index (χ1v) is 4.72. The van der Waals surface area contributed by atoms with E-state index in [0.29, 0.717) is 0 Å². The number of amides is 1. The quantitative estimate of drug-likeness (QED) is 0.635. The van der Waals surface area contributed by atoms with Crippen LogP contribution in [0.3, 0.4) is 0 Å². The van der Waals surface area contributed by atoms with E-state index in [2.05, 4.69) is 21.2 Å². The van der Waals surface area contributed by atoms with Gasteiger partial charge in [-0.15, -0.1) is 0 Å². The normalized spacial score (nSPS) is 17.2. The van der Waals surface area contributed by atoms with Crippen molar-refractivity contribution in [3.63, 3.8) is 0 Å². The molecule has 1 fully saturated rings. The largest absolute Gasteiger partial charge is 0.465 e. The number of hydrogen-bond donors (Lipinski definition) is 3. The SMILES string of the molecule is BrC1CC1.CC(CO)NC(=O)O. The fraction of sp³-hybridized carbons (Fsp3) is 0.857. The number of aliphatic hydroxyl groups excluding tert-OH is 1. The van der Waals surface area contributed by atoms with Crippen molar-refractivity contribution in [1.82, 2.24) is 5.32 Å². The Morgan fingerprint density at radius 3 is 2.25 bits per heavy atom. The molecule has 0 aromatic heterocycles. The van der Waals surface area contributed by atoms with Crippen molar-refractivity contribution >= 4 is 22.0 Å². The zero-order chi connectivity index (χ0) is 9.56. The average molecular weight is 240 g/mol. The van der Waals surface area contributed by atoms with Crippen LogP contribution in [0, 0.1) is 0 Å². The number of nitrogens with one attached hydrogen (secondary N) is 1. The highest BCUT2D eigenvalue weighted by Crippen LogP contribution is 2.27. The predicted molar refractivity (Wildman–Crippen MR) is 49.7 cm³/mol. The number of carboxylic acid groups (broad SMARTS) is 1. The molecular formula is C7H14BrNO3. The Morgan fingerprint density at radius 2 is 2.17 bits per heavy atom. The molecule has 3 N–H and O–H groups in total. The van der Waals surface area contributed by atoms with Gasteiger partial charge in [-0.1, -0.05) is 15.9 Å². The van der Waals surface area contributed by atoms with Crippen LogP contribution in [-0.4, -0.2) is 33.8 Å². The summed E-state index contributed by atoms with van der Waals surface area (Å²) in [5.41, 5.74) is 0. The predicted octanol–water partition coefficient (Wildman–Crippen LogP) is 1.18. The van der Waals surface area contributed by atoms with Gasteiger partial charge in [0.15, 0.2) is 0 Å². The van der Waals surface area contributed by atoms with E-state index in [1.165, 1.54) is 12.8 Å². The molecule has 1 rings (SSSR count). The van der Waals surface area contributed by atoms with Crippen LogP contribution < -0.4 is 5.32 Å². The van der Waals surface area contributed by atoms with Gasteiger partial charge in [-0.2, -0.15) is 0 Å². The Kier molecular flexibility index (Phi) is 6.10. The lowest BCUT2D eigenvalue weighted by Gasteiger charge is -2.04. The van der Waals surface area contributed by atoms with Gasteiger partial charge >= 0.3 is 6.09 Å². The van der Waals surface area contributed by atoms with Crippen LogP contribution in [0.5, 0.6) is 0 Å². The molecule has 0 saturated heterocycles. The Labute approximate surface area is 80.1 Å². The van der Waals surface area contributed by atoms with E-state index < -0.39 is 6.09 Å². The summed E-state index contributed by atoms with van der Waals surface area (Å²) in [6.07, 6.45) is 1.70. The molecule has 12 heavy (non-hydrogen) atoms. The summed E-state index contributed by atoms with van der Waals surface area (Å²) in [7, 11) is 0. The van der Waals surface area contributed by atoms with Gasteiger partial charge in [-0.3, -0.25) is 0 Å². The number of hydrogen-bond acceptors (Lipinski definition) is 2. The number of alkyl halides is 1. The minimum Gasteiger partial charge on any atom is -0.465 e. The third-order valence-electron chi connectivity index (χ3n) is 1.15. The molecule has 0 bridgehead atoms. The van der Waals surface area contributed by atoms with Gasteiger partial charge in [-0.25, -0.2) is 4.79 Å². The second-order valence-electron chi connectivity index (χ2n) is 2.71. The van der Waals surface area contributed by atoms with Crippen LogP contribution in [0.15, 0.2) is 0 Å². The fourth-order valence-electron chi connectivity index (χ4n) is 0.319. The molecule has 0 aliphatic heterocycles. The van der Waals surface area contributed by atoms with Gasteiger partial charge < -0.3 is 15.5 Å². The molecule has 1 aliphatic rings. The van der Waals surface area contributed by atoms with E-state index in [1.54, 1.807) is 6.92 Å². The Morgan fingerprint density at radius 1 is 1.75 bits per heavy atom. The second kappa shape index (κ2) is 6.25. The van der Waals surface area contributed by atoms with Gasteiger partial charge in [0.2, 0.25) is 0 Å². The van der Waals surface area contributed by atoms with E-state index in [9.17, 15) is 4.79 Å². The lowest BCUT2D eigenvalue weighted by Crippen LogP contribution is -2.33. The first-order valence-electron chi connectivity index (χ1n) is 3.80. The summed E-state index contributed by atoms with van der Waals surface area (Å²) in [5, 5.41) is 18.3. The van der Waals surface area contributed by atoms with Crippen molar-refractivity contribution in [2.75, 3.05) is 6.61 Å². The molecule has 0 aromatic rings. The molecule has 1 aliphatic carbocycles. The molecule has 72 valence electrons. The van der Waals surface area contributed by atoms with Crippen molar-refractivity contribution < 1.29 is 15.0 Å². The molecule has 0 heterocycles. The van der Waals surface area contributed by atoms with Gasteiger partial charge in [0.05, 0.1) is 12.6 Å². The van der Waals surface area contributed by atoms with E-state index in [4.69, 9.17) is 10.2 Å².